The minimum absolute atomic E-state index is 0.324. The van der Waals surface area contributed by atoms with Gasteiger partial charge in [-0.2, -0.15) is 5.26 Å². The summed E-state index contributed by atoms with van der Waals surface area (Å²) < 4.78 is 20.1. The maximum atomic E-state index is 13.1. The van der Waals surface area contributed by atoms with E-state index in [0.717, 1.165) is 4.47 Å². The van der Waals surface area contributed by atoms with Gasteiger partial charge in [0, 0.05) is 10.5 Å². The Morgan fingerprint density at radius 2 is 1.83 bits per heavy atom. The summed E-state index contributed by atoms with van der Waals surface area (Å²) in [7, 11) is 0. The topological polar surface area (TPSA) is 33.0 Å². The molecule has 2 nitrogen and oxygen atoms in total. The largest absolute Gasteiger partial charge is 0.455 e. The normalized spacial score (nSPS) is 9.89. The molecule has 0 aliphatic rings. The van der Waals surface area contributed by atoms with Crippen molar-refractivity contribution >= 4 is 31.9 Å². The average Bonchev–Trinajstić information content (AvgIpc) is 2.34. The van der Waals surface area contributed by atoms with E-state index in [9.17, 15) is 4.39 Å². The first kappa shape index (κ1) is 13.1. The van der Waals surface area contributed by atoms with E-state index in [-0.39, 0.29) is 0 Å². The van der Waals surface area contributed by atoms with Gasteiger partial charge in [-0.25, -0.2) is 4.39 Å². The molecule has 0 amide bonds. The van der Waals surface area contributed by atoms with E-state index in [1.807, 2.05) is 6.07 Å². The van der Waals surface area contributed by atoms with Gasteiger partial charge in [0.25, 0.3) is 0 Å². The summed E-state index contributed by atoms with van der Waals surface area (Å²) in [5.74, 6) is 0.296. The predicted molar refractivity (Wildman–Crippen MR) is 73.0 cm³/mol. The molecular weight excluding hydrogens is 365 g/mol. The second-order valence-electron chi connectivity index (χ2n) is 3.43. The number of benzene rings is 2. The van der Waals surface area contributed by atoms with Crippen molar-refractivity contribution in [2.24, 2.45) is 0 Å². The molecule has 2 rings (SSSR count). The number of hydrogen-bond donors (Lipinski definition) is 0. The van der Waals surface area contributed by atoms with Crippen LogP contribution in [0.3, 0.4) is 0 Å². The molecule has 0 heterocycles. The molecular formula is C13H6Br2FNO. The molecule has 2 aromatic rings. The Kier molecular flexibility index (Phi) is 4.00. The molecule has 5 heteroatoms. The van der Waals surface area contributed by atoms with Crippen molar-refractivity contribution in [2.75, 3.05) is 0 Å². The molecule has 0 saturated heterocycles. The van der Waals surface area contributed by atoms with E-state index in [1.54, 1.807) is 24.3 Å². The lowest BCUT2D eigenvalue weighted by atomic mass is 10.2. The van der Waals surface area contributed by atoms with Crippen LogP contribution in [0.15, 0.2) is 45.3 Å². The fourth-order valence-electron chi connectivity index (χ4n) is 1.35. The van der Waals surface area contributed by atoms with Gasteiger partial charge >= 0.3 is 0 Å². The third-order valence-corrected chi connectivity index (χ3v) is 3.33. The summed E-state index contributed by atoms with van der Waals surface area (Å²) in [6, 6.07) is 11.2. The number of halogens is 3. The Morgan fingerprint density at radius 3 is 2.56 bits per heavy atom. The van der Waals surface area contributed by atoms with E-state index < -0.39 is 5.82 Å². The Balaban J connectivity index is 2.43. The summed E-state index contributed by atoms with van der Waals surface area (Å²) in [5, 5.41) is 8.98. The van der Waals surface area contributed by atoms with Crippen molar-refractivity contribution in [1.82, 2.24) is 0 Å². The third-order valence-electron chi connectivity index (χ3n) is 2.18. The Hall–Kier alpha value is -1.38. The van der Waals surface area contributed by atoms with Crippen LogP contribution >= 0.6 is 31.9 Å². The van der Waals surface area contributed by atoms with E-state index >= 15 is 0 Å². The molecule has 0 aromatic heterocycles. The second kappa shape index (κ2) is 5.51. The summed E-state index contributed by atoms with van der Waals surface area (Å²) in [6.07, 6.45) is 0. The molecule has 0 unspecified atom stereocenters. The zero-order chi connectivity index (χ0) is 13.1. The van der Waals surface area contributed by atoms with Crippen LogP contribution in [0, 0.1) is 17.1 Å². The molecule has 0 fully saturated rings. The van der Waals surface area contributed by atoms with Gasteiger partial charge in [-0.1, -0.05) is 15.9 Å². The van der Waals surface area contributed by atoms with Crippen LogP contribution in [0.4, 0.5) is 4.39 Å². The maximum absolute atomic E-state index is 13.1. The van der Waals surface area contributed by atoms with E-state index in [0.29, 0.717) is 21.5 Å². The number of ether oxygens (including phenoxy) is 1. The lowest BCUT2D eigenvalue weighted by Crippen LogP contribution is -1.90. The summed E-state index contributed by atoms with van der Waals surface area (Å²) in [6.45, 7) is 0. The molecule has 90 valence electrons. The highest BCUT2D eigenvalue weighted by Crippen LogP contribution is 2.33. The third kappa shape index (κ3) is 2.89. The lowest BCUT2D eigenvalue weighted by molar-refractivity contribution is 0.472. The van der Waals surface area contributed by atoms with Crippen LogP contribution < -0.4 is 4.74 Å². The molecule has 2 aromatic carbocycles. The van der Waals surface area contributed by atoms with E-state index in [4.69, 9.17) is 10.00 Å². The van der Waals surface area contributed by atoms with Gasteiger partial charge in [0.2, 0.25) is 0 Å². The van der Waals surface area contributed by atoms with Gasteiger partial charge < -0.3 is 4.74 Å². The van der Waals surface area contributed by atoms with Crippen LogP contribution in [-0.2, 0) is 0 Å². The number of hydrogen-bond acceptors (Lipinski definition) is 2. The van der Waals surface area contributed by atoms with Crippen molar-refractivity contribution in [1.29, 1.82) is 5.26 Å². The monoisotopic (exact) mass is 369 g/mol. The molecule has 0 radical (unpaired) electrons. The first-order valence-electron chi connectivity index (χ1n) is 4.92. The molecule has 0 aliphatic carbocycles. The minimum atomic E-state index is -0.401. The van der Waals surface area contributed by atoms with Crippen LogP contribution in [0.2, 0.25) is 0 Å². The number of nitriles is 1. The fourth-order valence-corrected chi connectivity index (χ4v) is 2.01. The highest BCUT2D eigenvalue weighted by Gasteiger charge is 2.09. The molecule has 0 saturated carbocycles. The predicted octanol–water partition coefficient (Wildman–Crippen LogP) is 5.01. The fraction of sp³-hybridized carbons (Fsp3) is 0. The van der Waals surface area contributed by atoms with Crippen molar-refractivity contribution in [3.05, 3.63) is 56.7 Å². The molecule has 0 spiro atoms. The van der Waals surface area contributed by atoms with Crippen LogP contribution in [0.25, 0.3) is 0 Å². The summed E-state index contributed by atoms with van der Waals surface area (Å²) in [5.41, 5.74) is 0.384. The molecule has 0 N–H and O–H groups in total. The first-order valence-corrected chi connectivity index (χ1v) is 6.51. The molecule has 0 aliphatic heterocycles. The number of rotatable bonds is 2. The SMILES string of the molecule is N#Cc1ccc(Br)cc1Oc1cc(F)ccc1Br. The van der Waals surface area contributed by atoms with Gasteiger partial charge in [-0.05, 0) is 46.3 Å². The Bertz CT molecular complexity index is 637. The van der Waals surface area contributed by atoms with Crippen LogP contribution in [0.1, 0.15) is 5.56 Å². The quantitative estimate of drug-likeness (QED) is 0.743. The van der Waals surface area contributed by atoms with Gasteiger partial charge in [0.1, 0.15) is 23.4 Å². The first-order chi connectivity index (χ1) is 8.60. The van der Waals surface area contributed by atoms with Crippen LogP contribution in [-0.4, -0.2) is 0 Å². The van der Waals surface area contributed by atoms with Crippen molar-refractivity contribution in [2.45, 2.75) is 0 Å². The smallest absolute Gasteiger partial charge is 0.146 e. The maximum Gasteiger partial charge on any atom is 0.146 e. The molecule has 0 bridgehead atoms. The second-order valence-corrected chi connectivity index (χ2v) is 5.20. The molecule has 0 atom stereocenters. The van der Waals surface area contributed by atoms with Crippen molar-refractivity contribution in [3.8, 4) is 17.6 Å². The average molecular weight is 371 g/mol. The van der Waals surface area contributed by atoms with Gasteiger partial charge in [0.15, 0.2) is 0 Å². The van der Waals surface area contributed by atoms with Crippen LogP contribution in [0.5, 0.6) is 11.5 Å². The lowest BCUT2D eigenvalue weighted by Gasteiger charge is -2.09. The molecule has 18 heavy (non-hydrogen) atoms. The zero-order valence-electron chi connectivity index (χ0n) is 8.95. The standard InChI is InChI=1S/C13H6Br2FNO/c14-9-2-1-8(7-17)12(5-9)18-13-6-10(16)3-4-11(13)15/h1-6H. The Labute approximate surface area is 120 Å². The number of nitrogens with zero attached hydrogens (tertiary/aromatic N) is 1. The summed E-state index contributed by atoms with van der Waals surface area (Å²) >= 11 is 6.56. The van der Waals surface area contributed by atoms with Gasteiger partial charge in [-0.15, -0.1) is 0 Å². The highest BCUT2D eigenvalue weighted by atomic mass is 79.9. The Morgan fingerprint density at radius 1 is 1.06 bits per heavy atom. The van der Waals surface area contributed by atoms with Crippen molar-refractivity contribution in [3.63, 3.8) is 0 Å². The van der Waals surface area contributed by atoms with Gasteiger partial charge in [0.05, 0.1) is 10.0 Å². The minimum Gasteiger partial charge on any atom is -0.455 e. The van der Waals surface area contributed by atoms with Crippen molar-refractivity contribution < 1.29 is 9.13 Å². The summed E-state index contributed by atoms with van der Waals surface area (Å²) in [4.78, 5) is 0. The van der Waals surface area contributed by atoms with E-state index in [1.165, 1.54) is 12.1 Å². The highest BCUT2D eigenvalue weighted by molar-refractivity contribution is 9.10. The van der Waals surface area contributed by atoms with Gasteiger partial charge in [-0.3, -0.25) is 0 Å². The zero-order valence-corrected chi connectivity index (χ0v) is 12.1. The van der Waals surface area contributed by atoms with E-state index in [2.05, 4.69) is 31.9 Å².